The second-order valence-corrected chi connectivity index (χ2v) is 8.32. The lowest BCUT2D eigenvalue weighted by Gasteiger charge is -2.24. The minimum absolute atomic E-state index is 0.0925. The standard InChI is InChI=1S/C24H20Cl2N4O4/c25-18-9-4-10-19(26)17(18)12-20(31)29(14-16-8-5-11-34-16)21-22(27)30(24(33)28-23(21)32)13-15-6-2-1-3-7-15/h1-11H,12-14,27H2,(H,28,32,33). The summed E-state index contributed by atoms with van der Waals surface area (Å²) in [7, 11) is 0. The highest BCUT2D eigenvalue weighted by atomic mass is 35.5. The Morgan fingerprint density at radius 3 is 2.35 bits per heavy atom. The van der Waals surface area contributed by atoms with Crippen molar-refractivity contribution < 1.29 is 9.21 Å². The Labute approximate surface area is 204 Å². The van der Waals surface area contributed by atoms with E-state index in [0.717, 1.165) is 5.56 Å². The van der Waals surface area contributed by atoms with Gasteiger partial charge in [0.25, 0.3) is 5.56 Å². The van der Waals surface area contributed by atoms with Gasteiger partial charge in [0, 0.05) is 10.0 Å². The molecule has 174 valence electrons. The average molecular weight is 499 g/mol. The summed E-state index contributed by atoms with van der Waals surface area (Å²) in [6.45, 7) is 0.0130. The Balaban J connectivity index is 1.80. The Hall–Kier alpha value is -3.75. The van der Waals surface area contributed by atoms with Gasteiger partial charge in [-0.15, -0.1) is 0 Å². The molecule has 0 aliphatic carbocycles. The molecular formula is C24H20Cl2N4O4. The molecule has 0 spiro atoms. The number of benzene rings is 2. The van der Waals surface area contributed by atoms with Crippen LogP contribution in [-0.2, 0) is 24.3 Å². The molecule has 0 radical (unpaired) electrons. The Morgan fingerprint density at radius 1 is 1.00 bits per heavy atom. The summed E-state index contributed by atoms with van der Waals surface area (Å²) in [5, 5.41) is 0.629. The number of carbonyl (C=O) groups excluding carboxylic acids is 1. The zero-order chi connectivity index (χ0) is 24.2. The second-order valence-electron chi connectivity index (χ2n) is 7.50. The molecule has 0 bridgehead atoms. The van der Waals surface area contributed by atoms with Gasteiger partial charge < -0.3 is 10.2 Å². The van der Waals surface area contributed by atoms with E-state index in [1.54, 1.807) is 30.3 Å². The molecule has 0 unspecified atom stereocenters. The molecule has 8 nitrogen and oxygen atoms in total. The zero-order valence-electron chi connectivity index (χ0n) is 17.8. The number of nitrogens with zero attached hydrogens (tertiary/aromatic N) is 2. The van der Waals surface area contributed by atoms with E-state index < -0.39 is 17.2 Å². The van der Waals surface area contributed by atoms with Crippen LogP contribution in [0.1, 0.15) is 16.9 Å². The third-order valence-corrected chi connectivity index (χ3v) is 5.96. The number of hydrogen-bond acceptors (Lipinski definition) is 5. The van der Waals surface area contributed by atoms with Gasteiger partial charge in [0.2, 0.25) is 5.91 Å². The van der Waals surface area contributed by atoms with Gasteiger partial charge in [0.1, 0.15) is 11.6 Å². The maximum absolute atomic E-state index is 13.5. The van der Waals surface area contributed by atoms with E-state index in [1.807, 2.05) is 30.3 Å². The van der Waals surface area contributed by atoms with Crippen LogP contribution in [0.5, 0.6) is 0 Å². The summed E-state index contributed by atoms with van der Waals surface area (Å²) in [6, 6.07) is 17.4. The predicted octanol–water partition coefficient (Wildman–Crippen LogP) is 3.84. The number of nitrogens with one attached hydrogen (secondary N) is 1. The van der Waals surface area contributed by atoms with E-state index in [2.05, 4.69) is 4.98 Å². The van der Waals surface area contributed by atoms with Gasteiger partial charge in [-0.05, 0) is 35.4 Å². The van der Waals surface area contributed by atoms with Crippen LogP contribution in [0.3, 0.4) is 0 Å². The fraction of sp³-hybridized carbons (Fsp3) is 0.125. The fourth-order valence-corrected chi connectivity index (χ4v) is 4.09. The summed E-state index contributed by atoms with van der Waals surface area (Å²) in [5.74, 6) is -0.241. The van der Waals surface area contributed by atoms with Crippen molar-refractivity contribution in [1.82, 2.24) is 9.55 Å². The third kappa shape index (κ3) is 4.93. The van der Waals surface area contributed by atoms with Gasteiger partial charge in [-0.1, -0.05) is 59.6 Å². The van der Waals surface area contributed by atoms with E-state index in [0.29, 0.717) is 21.4 Å². The van der Waals surface area contributed by atoms with Crippen LogP contribution >= 0.6 is 23.2 Å². The summed E-state index contributed by atoms with van der Waals surface area (Å²) in [6.07, 6.45) is 1.25. The number of aromatic amines is 1. The number of furan rings is 1. The Kier molecular flexibility index (Phi) is 6.90. The second kappa shape index (κ2) is 10.0. The number of nitrogens with two attached hydrogens (primary N) is 1. The fourth-order valence-electron chi connectivity index (χ4n) is 3.56. The van der Waals surface area contributed by atoms with Crippen LogP contribution in [0.25, 0.3) is 0 Å². The molecule has 2 aromatic carbocycles. The molecule has 4 aromatic rings. The number of rotatable bonds is 7. The van der Waals surface area contributed by atoms with Crippen LogP contribution in [0.15, 0.2) is 80.9 Å². The van der Waals surface area contributed by atoms with Gasteiger partial charge in [0.15, 0.2) is 5.69 Å². The Bertz CT molecular complexity index is 1410. The highest BCUT2D eigenvalue weighted by Gasteiger charge is 2.26. The molecule has 3 N–H and O–H groups in total. The van der Waals surface area contributed by atoms with Gasteiger partial charge in [-0.2, -0.15) is 0 Å². The molecule has 0 aliphatic heterocycles. The summed E-state index contributed by atoms with van der Waals surface area (Å²) in [5.41, 5.74) is 5.88. The topological polar surface area (TPSA) is 114 Å². The van der Waals surface area contributed by atoms with E-state index >= 15 is 0 Å². The molecule has 0 saturated carbocycles. The quantitative estimate of drug-likeness (QED) is 0.401. The largest absolute Gasteiger partial charge is 0.467 e. The predicted molar refractivity (Wildman–Crippen MR) is 131 cm³/mol. The molecule has 0 saturated heterocycles. The minimum atomic E-state index is -0.794. The van der Waals surface area contributed by atoms with E-state index in [1.165, 1.54) is 15.7 Å². The van der Waals surface area contributed by atoms with E-state index in [9.17, 15) is 14.4 Å². The minimum Gasteiger partial charge on any atom is -0.467 e. The summed E-state index contributed by atoms with van der Waals surface area (Å²) in [4.78, 5) is 42.4. The maximum atomic E-state index is 13.5. The van der Waals surface area contributed by atoms with Crippen molar-refractivity contribution in [3.8, 4) is 0 Å². The van der Waals surface area contributed by atoms with Crippen molar-refractivity contribution in [2.75, 3.05) is 10.6 Å². The molecule has 2 heterocycles. The van der Waals surface area contributed by atoms with Crippen LogP contribution in [0, 0.1) is 0 Å². The van der Waals surface area contributed by atoms with Crippen molar-refractivity contribution in [3.63, 3.8) is 0 Å². The first-order valence-electron chi connectivity index (χ1n) is 10.3. The smallest absolute Gasteiger partial charge is 0.330 e. The number of nitrogen functional groups attached to an aromatic ring is 1. The maximum Gasteiger partial charge on any atom is 0.330 e. The van der Waals surface area contributed by atoms with Crippen molar-refractivity contribution in [2.45, 2.75) is 19.5 Å². The first-order valence-corrected chi connectivity index (χ1v) is 11.0. The number of aromatic nitrogens is 2. The van der Waals surface area contributed by atoms with Crippen LogP contribution in [0.4, 0.5) is 11.5 Å². The number of halogens is 2. The number of carbonyl (C=O) groups is 1. The molecule has 10 heteroatoms. The van der Waals surface area contributed by atoms with Crippen molar-refractivity contribution in [1.29, 1.82) is 0 Å². The van der Waals surface area contributed by atoms with Crippen LogP contribution in [0.2, 0.25) is 10.0 Å². The van der Waals surface area contributed by atoms with Crippen molar-refractivity contribution >= 4 is 40.6 Å². The number of amides is 1. The molecule has 2 aromatic heterocycles. The lowest BCUT2D eigenvalue weighted by molar-refractivity contribution is -0.118. The molecule has 0 atom stereocenters. The normalized spacial score (nSPS) is 10.9. The molecule has 4 rings (SSSR count). The highest BCUT2D eigenvalue weighted by molar-refractivity contribution is 6.36. The molecule has 0 aliphatic rings. The molecule has 1 amide bonds. The molecule has 34 heavy (non-hydrogen) atoms. The van der Waals surface area contributed by atoms with Gasteiger partial charge >= 0.3 is 5.69 Å². The van der Waals surface area contributed by atoms with Crippen molar-refractivity contribution in [3.05, 3.63) is 115 Å². The monoisotopic (exact) mass is 498 g/mol. The lowest BCUT2D eigenvalue weighted by atomic mass is 10.1. The van der Waals surface area contributed by atoms with E-state index in [4.69, 9.17) is 33.4 Å². The Morgan fingerprint density at radius 2 is 1.71 bits per heavy atom. The van der Waals surface area contributed by atoms with Crippen LogP contribution in [-0.4, -0.2) is 15.5 Å². The number of H-pyrrole nitrogens is 1. The average Bonchev–Trinajstić information content (AvgIpc) is 3.32. The molecular weight excluding hydrogens is 479 g/mol. The summed E-state index contributed by atoms with van der Waals surface area (Å²) < 4.78 is 6.60. The number of anilines is 2. The van der Waals surface area contributed by atoms with Crippen LogP contribution < -0.4 is 21.9 Å². The molecule has 0 fully saturated rings. The van der Waals surface area contributed by atoms with E-state index in [-0.39, 0.29) is 31.0 Å². The van der Waals surface area contributed by atoms with Gasteiger partial charge in [-0.25, -0.2) is 4.79 Å². The van der Waals surface area contributed by atoms with Gasteiger partial charge in [-0.3, -0.25) is 24.0 Å². The highest BCUT2D eigenvalue weighted by Crippen LogP contribution is 2.27. The van der Waals surface area contributed by atoms with Crippen molar-refractivity contribution in [2.24, 2.45) is 0 Å². The lowest BCUT2D eigenvalue weighted by Crippen LogP contribution is -2.41. The first kappa shape index (κ1) is 23.4. The SMILES string of the molecule is Nc1c(N(Cc2ccco2)C(=O)Cc2c(Cl)cccc2Cl)c(=O)[nH]c(=O)n1Cc1ccccc1. The first-order chi connectivity index (χ1) is 16.3. The zero-order valence-corrected chi connectivity index (χ0v) is 19.3. The van der Waals surface area contributed by atoms with Gasteiger partial charge in [0.05, 0.1) is 25.8 Å². The summed E-state index contributed by atoms with van der Waals surface area (Å²) >= 11 is 12.5. The third-order valence-electron chi connectivity index (χ3n) is 5.25. The number of hydrogen-bond donors (Lipinski definition) is 2.